The highest BCUT2D eigenvalue weighted by atomic mass is 16.1. The third-order valence-corrected chi connectivity index (χ3v) is 3.37. The van der Waals surface area contributed by atoms with Crippen LogP contribution < -0.4 is 0 Å². The standard InChI is InChI=1S/C16H26O/c1-3-5-7-10-14-12-9-13-15(16(14)17)11-8-6-4-2/h10-11H,3-9,12-13H2,1-2H3. The molecule has 1 heteroatoms. The molecule has 0 radical (unpaired) electrons. The molecule has 0 aromatic carbocycles. The summed E-state index contributed by atoms with van der Waals surface area (Å²) in [6, 6.07) is 0. The monoisotopic (exact) mass is 234 g/mol. The highest BCUT2D eigenvalue weighted by Crippen LogP contribution is 2.25. The lowest BCUT2D eigenvalue weighted by molar-refractivity contribution is -0.113. The molecule has 1 aliphatic rings. The van der Waals surface area contributed by atoms with E-state index in [1.54, 1.807) is 0 Å². The Balaban J connectivity index is 2.55. The Morgan fingerprint density at radius 2 is 1.41 bits per heavy atom. The van der Waals surface area contributed by atoms with Crippen molar-refractivity contribution in [3.8, 4) is 0 Å². The molecule has 1 aliphatic carbocycles. The van der Waals surface area contributed by atoms with Gasteiger partial charge in [-0.3, -0.25) is 4.79 Å². The van der Waals surface area contributed by atoms with Crippen LogP contribution in [0.4, 0.5) is 0 Å². The molecule has 0 aromatic rings. The third kappa shape index (κ3) is 4.89. The Hall–Kier alpha value is -0.850. The normalized spacial score (nSPS) is 21.4. The fraction of sp³-hybridized carbons (Fsp3) is 0.688. The SMILES string of the molecule is CCCCC=C1CCCC(=CCCCC)C1=O. The molecule has 17 heavy (non-hydrogen) atoms. The number of allylic oxidation sites excluding steroid dienone is 4. The van der Waals surface area contributed by atoms with Crippen molar-refractivity contribution in [3.63, 3.8) is 0 Å². The lowest BCUT2D eigenvalue weighted by Crippen LogP contribution is -2.12. The van der Waals surface area contributed by atoms with E-state index in [0.29, 0.717) is 5.78 Å². The van der Waals surface area contributed by atoms with Crippen LogP contribution >= 0.6 is 0 Å². The van der Waals surface area contributed by atoms with Crippen LogP contribution in [0.15, 0.2) is 23.3 Å². The fourth-order valence-corrected chi connectivity index (χ4v) is 2.25. The lowest BCUT2D eigenvalue weighted by atomic mass is 9.87. The van der Waals surface area contributed by atoms with Crippen LogP contribution in [0.1, 0.15) is 71.6 Å². The van der Waals surface area contributed by atoms with Gasteiger partial charge in [-0.25, -0.2) is 0 Å². The Kier molecular flexibility index (Phi) is 6.91. The van der Waals surface area contributed by atoms with Crippen LogP contribution in [-0.2, 0) is 4.79 Å². The smallest absolute Gasteiger partial charge is 0.184 e. The molecule has 0 unspecified atom stereocenters. The molecular weight excluding hydrogens is 208 g/mol. The fourth-order valence-electron chi connectivity index (χ4n) is 2.25. The first kappa shape index (κ1) is 14.2. The van der Waals surface area contributed by atoms with Crippen molar-refractivity contribution >= 4 is 5.78 Å². The Labute approximate surface area is 106 Å². The summed E-state index contributed by atoms with van der Waals surface area (Å²) < 4.78 is 0. The highest BCUT2D eigenvalue weighted by Gasteiger charge is 2.19. The Morgan fingerprint density at radius 3 is 1.82 bits per heavy atom. The maximum Gasteiger partial charge on any atom is 0.184 e. The molecule has 0 atom stereocenters. The molecule has 0 heterocycles. The number of ketones is 1. The van der Waals surface area contributed by atoms with Crippen LogP contribution in [0.5, 0.6) is 0 Å². The zero-order valence-electron chi connectivity index (χ0n) is 11.4. The molecule has 1 saturated carbocycles. The zero-order valence-corrected chi connectivity index (χ0v) is 11.4. The van der Waals surface area contributed by atoms with Gasteiger partial charge in [0.05, 0.1) is 0 Å². The Bertz CT molecular complexity index is 269. The van der Waals surface area contributed by atoms with Gasteiger partial charge >= 0.3 is 0 Å². The lowest BCUT2D eigenvalue weighted by Gasteiger charge is -2.16. The van der Waals surface area contributed by atoms with E-state index in [2.05, 4.69) is 26.0 Å². The topological polar surface area (TPSA) is 17.1 Å². The largest absolute Gasteiger partial charge is 0.289 e. The van der Waals surface area contributed by atoms with E-state index in [0.717, 1.165) is 43.3 Å². The van der Waals surface area contributed by atoms with Crippen molar-refractivity contribution in [1.29, 1.82) is 0 Å². The van der Waals surface area contributed by atoms with E-state index in [1.165, 1.54) is 25.7 Å². The van der Waals surface area contributed by atoms with Crippen molar-refractivity contribution in [2.24, 2.45) is 0 Å². The average molecular weight is 234 g/mol. The number of Topliss-reactive ketones (excluding diaryl/α,β-unsaturated/α-hetero) is 1. The Morgan fingerprint density at radius 1 is 0.941 bits per heavy atom. The molecule has 0 amide bonds. The zero-order chi connectivity index (χ0) is 12.5. The summed E-state index contributed by atoms with van der Waals surface area (Å²) in [6.07, 6.45) is 14.4. The third-order valence-electron chi connectivity index (χ3n) is 3.37. The molecule has 0 saturated heterocycles. The van der Waals surface area contributed by atoms with Gasteiger partial charge in [-0.15, -0.1) is 0 Å². The molecule has 1 fully saturated rings. The summed E-state index contributed by atoms with van der Waals surface area (Å²) in [5.41, 5.74) is 2.15. The first-order valence-electron chi connectivity index (χ1n) is 7.22. The van der Waals surface area contributed by atoms with Gasteiger partial charge < -0.3 is 0 Å². The number of hydrogen-bond donors (Lipinski definition) is 0. The van der Waals surface area contributed by atoms with Crippen molar-refractivity contribution in [2.75, 3.05) is 0 Å². The molecule has 0 aliphatic heterocycles. The predicted molar refractivity (Wildman–Crippen MR) is 74.1 cm³/mol. The summed E-state index contributed by atoms with van der Waals surface area (Å²) in [6.45, 7) is 4.38. The summed E-state index contributed by atoms with van der Waals surface area (Å²) in [5, 5.41) is 0. The van der Waals surface area contributed by atoms with Crippen LogP contribution in [0.2, 0.25) is 0 Å². The number of hydrogen-bond acceptors (Lipinski definition) is 1. The van der Waals surface area contributed by atoms with Gasteiger partial charge in [0.25, 0.3) is 0 Å². The number of unbranched alkanes of at least 4 members (excludes halogenated alkanes) is 4. The minimum Gasteiger partial charge on any atom is -0.289 e. The molecular formula is C16H26O. The van der Waals surface area contributed by atoms with Gasteiger partial charge in [-0.2, -0.15) is 0 Å². The summed E-state index contributed by atoms with van der Waals surface area (Å²) in [7, 11) is 0. The molecule has 1 nitrogen and oxygen atoms in total. The van der Waals surface area contributed by atoms with Crippen molar-refractivity contribution in [1.82, 2.24) is 0 Å². The maximum atomic E-state index is 12.2. The van der Waals surface area contributed by atoms with Gasteiger partial charge in [0, 0.05) is 0 Å². The van der Waals surface area contributed by atoms with E-state index < -0.39 is 0 Å². The summed E-state index contributed by atoms with van der Waals surface area (Å²) >= 11 is 0. The molecule has 0 spiro atoms. The van der Waals surface area contributed by atoms with E-state index in [4.69, 9.17) is 0 Å². The molecule has 0 aromatic heterocycles. The van der Waals surface area contributed by atoms with Crippen LogP contribution in [0.25, 0.3) is 0 Å². The molecule has 1 rings (SSSR count). The average Bonchev–Trinajstić information content (AvgIpc) is 2.34. The number of carbonyl (C=O) groups is 1. The molecule has 0 bridgehead atoms. The van der Waals surface area contributed by atoms with Crippen molar-refractivity contribution in [2.45, 2.75) is 71.6 Å². The second-order valence-electron chi connectivity index (χ2n) is 4.93. The second kappa shape index (κ2) is 8.27. The van der Waals surface area contributed by atoms with Gasteiger partial charge in [0.1, 0.15) is 0 Å². The summed E-state index contributed by atoms with van der Waals surface area (Å²) in [5.74, 6) is 0.337. The van der Waals surface area contributed by atoms with E-state index >= 15 is 0 Å². The van der Waals surface area contributed by atoms with Gasteiger partial charge in [-0.1, -0.05) is 51.7 Å². The van der Waals surface area contributed by atoms with E-state index in [-0.39, 0.29) is 0 Å². The van der Waals surface area contributed by atoms with Crippen LogP contribution in [0.3, 0.4) is 0 Å². The first-order chi connectivity index (χ1) is 8.29. The minimum atomic E-state index is 0.337. The van der Waals surface area contributed by atoms with Gasteiger partial charge in [0.15, 0.2) is 5.78 Å². The minimum absolute atomic E-state index is 0.337. The second-order valence-corrected chi connectivity index (χ2v) is 4.93. The van der Waals surface area contributed by atoms with Crippen LogP contribution in [-0.4, -0.2) is 5.78 Å². The van der Waals surface area contributed by atoms with E-state index in [1.807, 2.05) is 0 Å². The quantitative estimate of drug-likeness (QED) is 0.468. The molecule has 96 valence electrons. The van der Waals surface area contributed by atoms with Crippen molar-refractivity contribution in [3.05, 3.63) is 23.3 Å². The van der Waals surface area contributed by atoms with Crippen LogP contribution in [0, 0.1) is 0 Å². The predicted octanol–water partition coefficient (Wildman–Crippen LogP) is 4.97. The number of carbonyl (C=O) groups excluding carboxylic acids is 1. The van der Waals surface area contributed by atoms with Gasteiger partial charge in [0.2, 0.25) is 0 Å². The van der Waals surface area contributed by atoms with Crippen molar-refractivity contribution < 1.29 is 4.79 Å². The first-order valence-corrected chi connectivity index (χ1v) is 7.22. The number of rotatable bonds is 6. The highest BCUT2D eigenvalue weighted by molar-refractivity contribution is 6.08. The van der Waals surface area contributed by atoms with Gasteiger partial charge in [-0.05, 0) is 43.3 Å². The van der Waals surface area contributed by atoms with E-state index in [9.17, 15) is 4.79 Å². The maximum absolute atomic E-state index is 12.2. The molecule has 0 N–H and O–H groups in total. The summed E-state index contributed by atoms with van der Waals surface area (Å²) in [4.78, 5) is 12.2.